The molecule has 17 heavy (non-hydrogen) atoms. The van der Waals surface area contributed by atoms with Gasteiger partial charge in [0, 0.05) is 29.9 Å². The molecule has 0 bridgehead atoms. The van der Waals surface area contributed by atoms with Crippen LogP contribution in [0.1, 0.15) is 5.56 Å². The number of halogens is 1. The van der Waals surface area contributed by atoms with Crippen molar-refractivity contribution >= 4 is 23.4 Å². The lowest BCUT2D eigenvalue weighted by Crippen LogP contribution is -2.44. The van der Waals surface area contributed by atoms with Crippen LogP contribution >= 0.6 is 23.4 Å². The van der Waals surface area contributed by atoms with Crippen LogP contribution in [0.25, 0.3) is 0 Å². The Hall–Kier alpha value is -0.290. The summed E-state index contributed by atoms with van der Waals surface area (Å²) >= 11 is 8.08. The molecule has 0 aromatic carbocycles. The van der Waals surface area contributed by atoms with E-state index in [1.807, 2.05) is 24.9 Å². The number of pyridine rings is 1. The molecule has 1 fully saturated rings. The van der Waals surface area contributed by atoms with Gasteiger partial charge in [0.05, 0.1) is 17.7 Å². The van der Waals surface area contributed by atoms with Crippen molar-refractivity contribution in [2.45, 2.75) is 18.6 Å². The fourth-order valence-corrected chi connectivity index (χ4v) is 3.10. The third-order valence-electron chi connectivity index (χ3n) is 2.96. The molecular formula is C12H17ClN2OS. The van der Waals surface area contributed by atoms with E-state index in [-0.39, 0.29) is 6.10 Å². The topological polar surface area (TPSA) is 34.2 Å². The van der Waals surface area contributed by atoms with Gasteiger partial charge >= 0.3 is 0 Å². The van der Waals surface area contributed by atoms with Crippen molar-refractivity contribution in [3.8, 4) is 0 Å². The van der Waals surface area contributed by atoms with Gasteiger partial charge in [0.1, 0.15) is 0 Å². The Balaban J connectivity index is 2.01. The molecule has 1 saturated heterocycles. The Labute approximate surface area is 111 Å². The number of thioether (sulfide) groups is 1. The molecule has 1 N–H and O–H groups in total. The van der Waals surface area contributed by atoms with E-state index in [0.29, 0.717) is 6.04 Å². The summed E-state index contributed by atoms with van der Waals surface area (Å²) in [5, 5.41) is 4.06. The van der Waals surface area contributed by atoms with Crippen molar-refractivity contribution in [3.05, 3.63) is 29.0 Å². The first kappa shape index (κ1) is 13.1. The molecule has 94 valence electrons. The highest BCUT2D eigenvalue weighted by Gasteiger charge is 2.24. The van der Waals surface area contributed by atoms with Gasteiger partial charge in [-0.15, -0.1) is 0 Å². The highest BCUT2D eigenvalue weighted by atomic mass is 35.5. The van der Waals surface area contributed by atoms with Crippen molar-refractivity contribution in [3.63, 3.8) is 0 Å². The molecule has 5 heteroatoms. The monoisotopic (exact) mass is 272 g/mol. The molecule has 0 amide bonds. The van der Waals surface area contributed by atoms with Gasteiger partial charge in [0.2, 0.25) is 0 Å². The van der Waals surface area contributed by atoms with Crippen LogP contribution in [0.15, 0.2) is 18.5 Å². The Morgan fingerprint density at radius 2 is 2.59 bits per heavy atom. The van der Waals surface area contributed by atoms with Gasteiger partial charge in [-0.2, -0.15) is 11.8 Å². The van der Waals surface area contributed by atoms with Gasteiger partial charge in [-0.25, -0.2) is 0 Å². The number of rotatable bonds is 4. The van der Waals surface area contributed by atoms with Gasteiger partial charge in [-0.05, 0) is 25.1 Å². The van der Waals surface area contributed by atoms with Crippen molar-refractivity contribution in [2.24, 2.45) is 0 Å². The Morgan fingerprint density at radius 1 is 1.71 bits per heavy atom. The van der Waals surface area contributed by atoms with Crippen LogP contribution < -0.4 is 5.32 Å². The largest absolute Gasteiger partial charge is 0.375 e. The first-order valence-corrected chi connectivity index (χ1v) is 7.29. The number of likely N-dealkylation sites (N-methyl/N-ethyl adjacent to an activating group) is 1. The number of ether oxygens (including phenoxy) is 1. The van der Waals surface area contributed by atoms with Crippen LogP contribution in [0.2, 0.25) is 5.02 Å². The molecular weight excluding hydrogens is 256 g/mol. The predicted octanol–water partition coefficient (Wildman–Crippen LogP) is 2.00. The minimum atomic E-state index is 0.267. The number of nitrogens with one attached hydrogen (secondary N) is 1. The van der Waals surface area contributed by atoms with Gasteiger partial charge < -0.3 is 10.1 Å². The molecule has 2 rings (SSSR count). The van der Waals surface area contributed by atoms with Crippen LogP contribution in [-0.2, 0) is 11.2 Å². The third kappa shape index (κ3) is 3.58. The van der Waals surface area contributed by atoms with Crippen molar-refractivity contribution in [2.75, 3.05) is 25.2 Å². The van der Waals surface area contributed by atoms with E-state index in [9.17, 15) is 0 Å². The van der Waals surface area contributed by atoms with E-state index < -0.39 is 0 Å². The summed E-state index contributed by atoms with van der Waals surface area (Å²) in [4.78, 5) is 4.00. The minimum absolute atomic E-state index is 0.267. The SMILES string of the molecule is CNC(Cc1ccncc1Cl)C1CSCCO1. The zero-order valence-electron chi connectivity index (χ0n) is 9.86. The second-order valence-electron chi connectivity index (χ2n) is 4.05. The lowest BCUT2D eigenvalue weighted by atomic mass is 10.0. The molecule has 0 spiro atoms. The lowest BCUT2D eigenvalue weighted by Gasteiger charge is -2.30. The summed E-state index contributed by atoms with van der Waals surface area (Å²) in [5.41, 5.74) is 1.13. The third-order valence-corrected chi connectivity index (χ3v) is 4.32. The maximum Gasteiger partial charge on any atom is 0.0821 e. The molecule has 0 saturated carbocycles. The molecule has 3 nitrogen and oxygen atoms in total. The standard InChI is InChI=1S/C12H17ClN2OS/c1-14-11(12-8-17-5-4-16-12)6-9-2-3-15-7-10(9)13/h2-3,7,11-12,14H,4-6,8H2,1H3. The molecule has 1 aromatic rings. The van der Waals surface area contributed by atoms with Gasteiger partial charge in [0.25, 0.3) is 0 Å². The molecule has 0 radical (unpaired) electrons. The lowest BCUT2D eigenvalue weighted by molar-refractivity contribution is 0.0492. The molecule has 2 unspecified atom stereocenters. The van der Waals surface area contributed by atoms with Crippen LogP contribution in [0, 0.1) is 0 Å². The number of aromatic nitrogens is 1. The van der Waals surface area contributed by atoms with Crippen molar-refractivity contribution in [1.82, 2.24) is 10.3 Å². The first-order chi connectivity index (χ1) is 8.31. The fraction of sp³-hybridized carbons (Fsp3) is 0.583. The molecule has 2 atom stereocenters. The molecule has 1 aromatic heterocycles. The zero-order chi connectivity index (χ0) is 12.1. The van der Waals surface area contributed by atoms with E-state index in [1.54, 1.807) is 12.4 Å². The first-order valence-electron chi connectivity index (χ1n) is 5.76. The molecule has 1 aliphatic rings. The number of nitrogens with zero attached hydrogens (tertiary/aromatic N) is 1. The van der Waals surface area contributed by atoms with E-state index >= 15 is 0 Å². The van der Waals surface area contributed by atoms with E-state index in [0.717, 1.165) is 35.1 Å². The maximum atomic E-state index is 6.13. The summed E-state index contributed by atoms with van der Waals surface area (Å²) in [6.07, 6.45) is 4.62. The normalized spacial score (nSPS) is 22.4. The summed E-state index contributed by atoms with van der Waals surface area (Å²) < 4.78 is 5.80. The van der Waals surface area contributed by atoms with Crippen LogP contribution in [0.4, 0.5) is 0 Å². The smallest absolute Gasteiger partial charge is 0.0821 e. The Morgan fingerprint density at radius 3 is 3.24 bits per heavy atom. The van der Waals surface area contributed by atoms with Crippen molar-refractivity contribution in [1.29, 1.82) is 0 Å². The summed E-state index contributed by atoms with van der Waals surface area (Å²) in [6.45, 7) is 0.845. The molecule has 0 aliphatic carbocycles. The van der Waals surface area contributed by atoms with E-state index in [1.165, 1.54) is 0 Å². The summed E-state index contributed by atoms with van der Waals surface area (Å²) in [7, 11) is 1.97. The van der Waals surface area contributed by atoms with Gasteiger partial charge in [-0.3, -0.25) is 4.98 Å². The van der Waals surface area contributed by atoms with Gasteiger partial charge in [0.15, 0.2) is 0 Å². The predicted molar refractivity (Wildman–Crippen MR) is 72.9 cm³/mol. The van der Waals surface area contributed by atoms with Crippen LogP contribution in [0.3, 0.4) is 0 Å². The minimum Gasteiger partial charge on any atom is -0.375 e. The molecule has 1 aliphatic heterocycles. The van der Waals surface area contributed by atoms with E-state index in [4.69, 9.17) is 16.3 Å². The maximum absolute atomic E-state index is 6.13. The second-order valence-corrected chi connectivity index (χ2v) is 5.61. The van der Waals surface area contributed by atoms with E-state index in [2.05, 4.69) is 10.3 Å². The average molecular weight is 273 g/mol. The Bertz CT molecular complexity index is 358. The van der Waals surface area contributed by atoms with Crippen LogP contribution in [0.5, 0.6) is 0 Å². The quantitative estimate of drug-likeness (QED) is 0.909. The zero-order valence-corrected chi connectivity index (χ0v) is 11.4. The summed E-state index contributed by atoms with van der Waals surface area (Å²) in [6, 6.07) is 2.28. The highest BCUT2D eigenvalue weighted by molar-refractivity contribution is 7.99. The van der Waals surface area contributed by atoms with Crippen molar-refractivity contribution < 1.29 is 4.74 Å². The highest BCUT2D eigenvalue weighted by Crippen LogP contribution is 2.21. The summed E-state index contributed by atoms with van der Waals surface area (Å²) in [5.74, 6) is 2.15. The fourth-order valence-electron chi connectivity index (χ4n) is 1.96. The number of hydrogen-bond acceptors (Lipinski definition) is 4. The second kappa shape index (κ2) is 6.59. The molecule has 2 heterocycles. The average Bonchev–Trinajstić information content (AvgIpc) is 2.39. The van der Waals surface area contributed by atoms with Gasteiger partial charge in [-0.1, -0.05) is 11.6 Å². The number of hydrogen-bond donors (Lipinski definition) is 1. The Kier molecular flexibility index (Phi) is 5.10. The van der Waals surface area contributed by atoms with Crippen LogP contribution in [-0.4, -0.2) is 42.3 Å².